The normalized spacial score (nSPS) is 17.8. The molecule has 3 rings (SSSR count). The Morgan fingerprint density at radius 1 is 1.27 bits per heavy atom. The van der Waals surface area contributed by atoms with Gasteiger partial charge in [0.05, 0.1) is 0 Å². The third kappa shape index (κ3) is 2.65. The van der Waals surface area contributed by atoms with Crippen LogP contribution in [0, 0.1) is 5.41 Å². The second kappa shape index (κ2) is 4.69. The average molecular weight is 301 g/mol. The summed E-state index contributed by atoms with van der Waals surface area (Å²) >= 11 is 0. The molecule has 3 N–H and O–H groups in total. The van der Waals surface area contributed by atoms with Crippen molar-refractivity contribution in [3.05, 3.63) is 23.1 Å². The standard InChI is InChI=1S/C16H23N5O/c1-15(2,3)11-6-9(20-21-11)13-18-10-7-16(4,5)8-17-14(22)12(10)19-13/h6H,7-8H2,1-5H3,(H,17,22)(H,18,19)(H,20,21). The molecular weight excluding hydrogens is 278 g/mol. The molecule has 6 nitrogen and oxygen atoms in total. The molecule has 6 heteroatoms. The van der Waals surface area contributed by atoms with Crippen molar-refractivity contribution in [1.29, 1.82) is 0 Å². The second-order valence-electron chi connectivity index (χ2n) is 7.85. The van der Waals surface area contributed by atoms with Gasteiger partial charge in [0, 0.05) is 23.3 Å². The summed E-state index contributed by atoms with van der Waals surface area (Å²) in [5.41, 5.74) is 3.15. The summed E-state index contributed by atoms with van der Waals surface area (Å²) in [6, 6.07) is 1.99. The highest BCUT2D eigenvalue weighted by Gasteiger charge is 2.30. The third-order valence-electron chi connectivity index (χ3n) is 4.01. The zero-order valence-electron chi connectivity index (χ0n) is 13.8. The molecule has 0 fully saturated rings. The van der Waals surface area contributed by atoms with Crippen molar-refractivity contribution in [3.63, 3.8) is 0 Å². The van der Waals surface area contributed by atoms with Gasteiger partial charge in [-0.05, 0) is 17.9 Å². The quantitative estimate of drug-likeness (QED) is 0.756. The van der Waals surface area contributed by atoms with Crippen LogP contribution in [-0.2, 0) is 11.8 Å². The van der Waals surface area contributed by atoms with Gasteiger partial charge in [-0.1, -0.05) is 34.6 Å². The molecule has 2 aromatic heterocycles. The van der Waals surface area contributed by atoms with E-state index in [-0.39, 0.29) is 16.7 Å². The Labute approximate surface area is 130 Å². The fourth-order valence-corrected chi connectivity index (χ4v) is 2.62. The predicted molar refractivity (Wildman–Crippen MR) is 84.7 cm³/mol. The maximum absolute atomic E-state index is 12.2. The molecule has 22 heavy (non-hydrogen) atoms. The second-order valence-corrected chi connectivity index (χ2v) is 7.85. The van der Waals surface area contributed by atoms with Gasteiger partial charge in [0.1, 0.15) is 11.4 Å². The maximum Gasteiger partial charge on any atom is 0.271 e. The molecule has 1 aliphatic heterocycles. The molecule has 3 heterocycles. The number of aromatic nitrogens is 4. The molecule has 0 unspecified atom stereocenters. The van der Waals surface area contributed by atoms with Gasteiger partial charge >= 0.3 is 0 Å². The van der Waals surface area contributed by atoms with Crippen LogP contribution in [0.25, 0.3) is 11.5 Å². The molecule has 0 radical (unpaired) electrons. The molecular formula is C16H23N5O. The number of imidazole rings is 1. The smallest absolute Gasteiger partial charge is 0.271 e. The Hall–Kier alpha value is -2.11. The Bertz CT molecular complexity index is 717. The fourth-order valence-electron chi connectivity index (χ4n) is 2.62. The zero-order valence-corrected chi connectivity index (χ0v) is 13.8. The number of hydrogen-bond donors (Lipinski definition) is 3. The number of amides is 1. The number of carbonyl (C=O) groups is 1. The van der Waals surface area contributed by atoms with Crippen molar-refractivity contribution in [1.82, 2.24) is 25.5 Å². The number of aromatic amines is 2. The number of H-pyrrole nitrogens is 2. The molecule has 118 valence electrons. The Morgan fingerprint density at radius 3 is 2.64 bits per heavy atom. The van der Waals surface area contributed by atoms with E-state index in [1.54, 1.807) is 0 Å². The van der Waals surface area contributed by atoms with Crippen LogP contribution >= 0.6 is 0 Å². The minimum absolute atomic E-state index is 0.00565. The lowest BCUT2D eigenvalue weighted by Crippen LogP contribution is -2.32. The van der Waals surface area contributed by atoms with Crippen LogP contribution in [0.2, 0.25) is 0 Å². The van der Waals surface area contributed by atoms with Crippen LogP contribution in [0.3, 0.4) is 0 Å². The van der Waals surface area contributed by atoms with Crippen molar-refractivity contribution >= 4 is 5.91 Å². The van der Waals surface area contributed by atoms with Crippen molar-refractivity contribution in [2.45, 2.75) is 46.5 Å². The topological polar surface area (TPSA) is 86.5 Å². The third-order valence-corrected chi connectivity index (χ3v) is 4.01. The van der Waals surface area contributed by atoms with Crippen LogP contribution in [-0.4, -0.2) is 32.6 Å². The van der Waals surface area contributed by atoms with Gasteiger partial charge in [0.15, 0.2) is 5.82 Å². The first-order valence-electron chi connectivity index (χ1n) is 7.59. The number of fused-ring (bicyclic) bond motifs is 1. The molecule has 0 saturated heterocycles. The Morgan fingerprint density at radius 2 is 2.00 bits per heavy atom. The van der Waals surface area contributed by atoms with E-state index < -0.39 is 0 Å². The summed E-state index contributed by atoms with van der Waals surface area (Å²) in [5, 5.41) is 10.3. The van der Waals surface area contributed by atoms with Crippen LogP contribution in [0.5, 0.6) is 0 Å². The molecule has 0 bridgehead atoms. The summed E-state index contributed by atoms with van der Waals surface area (Å²) in [5.74, 6) is 0.527. The zero-order chi connectivity index (χ0) is 16.1. The van der Waals surface area contributed by atoms with Crippen molar-refractivity contribution in [2.75, 3.05) is 6.54 Å². The number of hydrogen-bond acceptors (Lipinski definition) is 3. The van der Waals surface area contributed by atoms with E-state index in [1.807, 2.05) is 6.07 Å². The van der Waals surface area contributed by atoms with Gasteiger partial charge in [0.2, 0.25) is 0 Å². The first-order valence-corrected chi connectivity index (χ1v) is 7.59. The molecule has 1 aliphatic rings. The number of rotatable bonds is 1. The van der Waals surface area contributed by atoms with Gasteiger partial charge in [0.25, 0.3) is 5.91 Å². The minimum atomic E-state index is -0.116. The Kier molecular flexibility index (Phi) is 3.16. The highest BCUT2D eigenvalue weighted by molar-refractivity contribution is 5.94. The molecule has 0 spiro atoms. The number of carbonyl (C=O) groups excluding carboxylic acids is 1. The lowest BCUT2D eigenvalue weighted by Gasteiger charge is -2.21. The van der Waals surface area contributed by atoms with E-state index in [9.17, 15) is 4.79 Å². The van der Waals surface area contributed by atoms with Crippen molar-refractivity contribution in [2.24, 2.45) is 5.41 Å². The van der Waals surface area contributed by atoms with E-state index in [2.05, 4.69) is 60.1 Å². The van der Waals surface area contributed by atoms with Gasteiger partial charge in [-0.3, -0.25) is 9.89 Å². The number of nitrogens with one attached hydrogen (secondary N) is 3. The Balaban J connectivity index is 1.99. The lowest BCUT2D eigenvalue weighted by molar-refractivity contribution is 0.0940. The predicted octanol–water partition coefficient (Wildman–Crippen LogP) is 2.41. The summed E-state index contributed by atoms with van der Waals surface area (Å²) in [4.78, 5) is 19.9. The largest absolute Gasteiger partial charge is 0.350 e. The van der Waals surface area contributed by atoms with Gasteiger partial charge < -0.3 is 10.3 Å². The van der Waals surface area contributed by atoms with Crippen LogP contribution in [0.4, 0.5) is 0 Å². The molecule has 2 aromatic rings. The monoisotopic (exact) mass is 301 g/mol. The highest BCUT2D eigenvalue weighted by atomic mass is 16.1. The van der Waals surface area contributed by atoms with Gasteiger partial charge in [-0.15, -0.1) is 0 Å². The van der Waals surface area contributed by atoms with Crippen molar-refractivity contribution < 1.29 is 4.79 Å². The highest BCUT2D eigenvalue weighted by Crippen LogP contribution is 2.28. The molecule has 0 aromatic carbocycles. The van der Waals surface area contributed by atoms with E-state index in [4.69, 9.17) is 0 Å². The summed E-state index contributed by atoms with van der Waals surface area (Å²) in [6.07, 6.45) is 0.782. The SMILES string of the molecule is CC1(C)CNC(=O)c2nc(-c3cc(C(C)(C)C)[nH]n3)[nH]c2C1. The first kappa shape index (κ1) is 14.8. The van der Waals surface area contributed by atoms with Gasteiger partial charge in [-0.2, -0.15) is 5.10 Å². The molecule has 1 amide bonds. The van der Waals surface area contributed by atoms with Crippen molar-refractivity contribution in [3.8, 4) is 11.5 Å². The maximum atomic E-state index is 12.2. The summed E-state index contributed by atoms with van der Waals surface area (Å²) in [6.45, 7) is 11.3. The molecule has 0 atom stereocenters. The summed E-state index contributed by atoms with van der Waals surface area (Å²) in [7, 11) is 0. The summed E-state index contributed by atoms with van der Waals surface area (Å²) < 4.78 is 0. The van der Waals surface area contributed by atoms with Crippen LogP contribution < -0.4 is 5.32 Å². The van der Waals surface area contributed by atoms with Crippen LogP contribution in [0.1, 0.15) is 56.5 Å². The lowest BCUT2D eigenvalue weighted by atomic mass is 9.88. The average Bonchev–Trinajstić information content (AvgIpc) is 2.99. The molecule has 0 saturated carbocycles. The van der Waals surface area contributed by atoms with E-state index in [0.717, 1.165) is 23.5 Å². The first-order chi connectivity index (χ1) is 10.2. The van der Waals surface area contributed by atoms with E-state index in [0.29, 0.717) is 18.1 Å². The van der Waals surface area contributed by atoms with Crippen LogP contribution in [0.15, 0.2) is 6.07 Å². The van der Waals surface area contributed by atoms with Gasteiger partial charge in [-0.25, -0.2) is 4.98 Å². The fraction of sp³-hybridized carbons (Fsp3) is 0.562. The molecule has 0 aliphatic carbocycles. The van der Waals surface area contributed by atoms with E-state index in [1.165, 1.54) is 0 Å². The number of nitrogens with zero attached hydrogens (tertiary/aromatic N) is 2. The van der Waals surface area contributed by atoms with E-state index >= 15 is 0 Å². The minimum Gasteiger partial charge on any atom is -0.350 e.